The monoisotopic (exact) mass is 236 g/mol. The van der Waals surface area contributed by atoms with Crippen LogP contribution in [0.25, 0.3) is 0 Å². The van der Waals surface area contributed by atoms with Crippen molar-refractivity contribution in [1.29, 1.82) is 0 Å². The Labute approximate surface area is 96.3 Å². The SMILES string of the molecule is Cc1ccsc1C(=O)Oc1ccc(F)cc1. The third-order valence-electron chi connectivity index (χ3n) is 2.07. The van der Waals surface area contributed by atoms with Gasteiger partial charge in [0.05, 0.1) is 0 Å². The van der Waals surface area contributed by atoms with Gasteiger partial charge in [-0.2, -0.15) is 0 Å². The van der Waals surface area contributed by atoms with Gasteiger partial charge in [0.25, 0.3) is 0 Å². The minimum Gasteiger partial charge on any atom is -0.422 e. The zero-order valence-corrected chi connectivity index (χ0v) is 9.38. The van der Waals surface area contributed by atoms with Crippen LogP contribution in [0.4, 0.5) is 4.39 Å². The Hall–Kier alpha value is -1.68. The number of hydrogen-bond donors (Lipinski definition) is 0. The van der Waals surface area contributed by atoms with E-state index in [4.69, 9.17) is 4.74 Å². The molecular weight excluding hydrogens is 227 g/mol. The molecule has 0 atom stereocenters. The molecule has 16 heavy (non-hydrogen) atoms. The van der Waals surface area contributed by atoms with Gasteiger partial charge in [0, 0.05) is 0 Å². The van der Waals surface area contributed by atoms with Gasteiger partial charge in [0.2, 0.25) is 0 Å². The van der Waals surface area contributed by atoms with Crippen LogP contribution in [0.1, 0.15) is 15.2 Å². The molecule has 2 nitrogen and oxygen atoms in total. The number of ether oxygens (including phenoxy) is 1. The Balaban J connectivity index is 2.14. The first-order valence-corrected chi connectivity index (χ1v) is 5.56. The predicted octanol–water partition coefficient (Wildman–Crippen LogP) is 3.41. The number of halogens is 1. The van der Waals surface area contributed by atoms with Crippen LogP contribution in [0.15, 0.2) is 35.7 Å². The molecule has 0 aliphatic rings. The second-order valence-corrected chi connectivity index (χ2v) is 4.19. The zero-order chi connectivity index (χ0) is 11.5. The van der Waals surface area contributed by atoms with Gasteiger partial charge < -0.3 is 4.74 Å². The van der Waals surface area contributed by atoms with Crippen molar-refractivity contribution in [2.24, 2.45) is 0 Å². The Bertz CT molecular complexity index is 502. The van der Waals surface area contributed by atoms with Gasteiger partial charge in [-0.25, -0.2) is 9.18 Å². The van der Waals surface area contributed by atoms with Crippen molar-refractivity contribution in [3.63, 3.8) is 0 Å². The molecule has 0 saturated carbocycles. The molecule has 0 N–H and O–H groups in total. The van der Waals surface area contributed by atoms with Crippen LogP contribution in [0.3, 0.4) is 0 Å². The second-order valence-electron chi connectivity index (χ2n) is 3.28. The van der Waals surface area contributed by atoms with E-state index in [0.717, 1.165) is 5.56 Å². The smallest absolute Gasteiger partial charge is 0.353 e. The van der Waals surface area contributed by atoms with Crippen molar-refractivity contribution >= 4 is 17.3 Å². The van der Waals surface area contributed by atoms with Crippen molar-refractivity contribution < 1.29 is 13.9 Å². The van der Waals surface area contributed by atoms with E-state index in [-0.39, 0.29) is 5.82 Å². The number of carbonyl (C=O) groups excluding carboxylic acids is 1. The molecule has 0 unspecified atom stereocenters. The zero-order valence-electron chi connectivity index (χ0n) is 8.57. The number of carbonyl (C=O) groups is 1. The van der Waals surface area contributed by atoms with E-state index in [2.05, 4.69) is 0 Å². The van der Waals surface area contributed by atoms with Crippen molar-refractivity contribution in [2.45, 2.75) is 6.92 Å². The predicted molar refractivity (Wildman–Crippen MR) is 60.4 cm³/mol. The largest absolute Gasteiger partial charge is 0.422 e. The molecule has 0 radical (unpaired) electrons. The molecular formula is C12H9FO2S. The quantitative estimate of drug-likeness (QED) is 0.590. The molecule has 82 valence electrons. The third-order valence-corrected chi connectivity index (χ3v) is 3.07. The van der Waals surface area contributed by atoms with Crippen molar-refractivity contribution in [1.82, 2.24) is 0 Å². The Morgan fingerprint density at radius 2 is 1.94 bits per heavy atom. The minimum atomic E-state index is -0.404. The first kappa shape index (κ1) is 10.8. The molecule has 2 rings (SSSR count). The second kappa shape index (κ2) is 4.45. The van der Waals surface area contributed by atoms with Gasteiger partial charge in [0.15, 0.2) is 0 Å². The first-order valence-electron chi connectivity index (χ1n) is 4.68. The van der Waals surface area contributed by atoms with Gasteiger partial charge in [-0.05, 0) is 48.2 Å². The van der Waals surface area contributed by atoms with E-state index < -0.39 is 5.97 Å². The van der Waals surface area contributed by atoms with E-state index >= 15 is 0 Å². The van der Waals surface area contributed by atoms with Crippen molar-refractivity contribution in [3.8, 4) is 5.75 Å². The number of thiophene rings is 1. The number of hydrogen-bond acceptors (Lipinski definition) is 3. The topological polar surface area (TPSA) is 26.3 Å². The highest BCUT2D eigenvalue weighted by Crippen LogP contribution is 2.19. The summed E-state index contributed by atoms with van der Waals surface area (Å²) in [5, 5.41) is 1.83. The lowest BCUT2D eigenvalue weighted by Gasteiger charge is -2.02. The molecule has 1 heterocycles. The number of aryl methyl sites for hydroxylation is 1. The third kappa shape index (κ3) is 2.28. The van der Waals surface area contributed by atoms with E-state index in [1.807, 2.05) is 18.4 Å². The van der Waals surface area contributed by atoms with Gasteiger partial charge in [-0.1, -0.05) is 0 Å². The van der Waals surface area contributed by atoms with Crippen LogP contribution in [0.5, 0.6) is 5.75 Å². The summed E-state index contributed by atoms with van der Waals surface area (Å²) in [5.74, 6) is -0.412. The highest BCUT2D eigenvalue weighted by molar-refractivity contribution is 7.12. The molecule has 0 aliphatic heterocycles. The van der Waals surface area contributed by atoms with Crippen LogP contribution in [-0.4, -0.2) is 5.97 Å². The van der Waals surface area contributed by atoms with Crippen LogP contribution >= 0.6 is 11.3 Å². The molecule has 0 spiro atoms. The maximum absolute atomic E-state index is 12.6. The molecule has 1 aromatic carbocycles. The molecule has 2 aromatic rings. The molecule has 0 amide bonds. The average molecular weight is 236 g/mol. The van der Waals surface area contributed by atoms with Crippen molar-refractivity contribution in [2.75, 3.05) is 0 Å². The maximum atomic E-state index is 12.6. The Morgan fingerprint density at radius 1 is 1.25 bits per heavy atom. The summed E-state index contributed by atoms with van der Waals surface area (Å²) in [5.41, 5.74) is 0.886. The molecule has 4 heteroatoms. The van der Waals surface area contributed by atoms with Crippen LogP contribution in [-0.2, 0) is 0 Å². The maximum Gasteiger partial charge on any atom is 0.353 e. The van der Waals surface area contributed by atoms with Gasteiger partial charge in [-0.15, -0.1) is 11.3 Å². The van der Waals surface area contributed by atoms with Crippen LogP contribution < -0.4 is 4.74 Å². The van der Waals surface area contributed by atoms with Crippen molar-refractivity contribution in [3.05, 3.63) is 52.0 Å². The van der Waals surface area contributed by atoms with E-state index in [1.54, 1.807) is 0 Å². The fourth-order valence-corrected chi connectivity index (χ4v) is 2.04. The number of benzene rings is 1. The number of esters is 1. The number of rotatable bonds is 2. The molecule has 0 aliphatic carbocycles. The standard InChI is InChI=1S/C12H9FO2S/c1-8-6-7-16-11(8)12(14)15-10-4-2-9(13)3-5-10/h2-7H,1H3. The summed E-state index contributed by atoms with van der Waals surface area (Å²) in [7, 11) is 0. The summed E-state index contributed by atoms with van der Waals surface area (Å²) in [4.78, 5) is 12.2. The highest BCUT2D eigenvalue weighted by Gasteiger charge is 2.12. The van der Waals surface area contributed by atoms with Crippen LogP contribution in [0, 0.1) is 12.7 Å². The summed E-state index contributed by atoms with van der Waals surface area (Å²) in [6.45, 7) is 1.84. The fraction of sp³-hybridized carbons (Fsp3) is 0.0833. The summed E-state index contributed by atoms with van der Waals surface area (Å²) < 4.78 is 17.7. The lowest BCUT2D eigenvalue weighted by atomic mass is 10.3. The summed E-state index contributed by atoms with van der Waals surface area (Å²) >= 11 is 1.33. The normalized spacial score (nSPS) is 10.1. The molecule has 0 fully saturated rings. The highest BCUT2D eigenvalue weighted by atomic mass is 32.1. The van der Waals surface area contributed by atoms with Gasteiger partial charge in [0.1, 0.15) is 16.4 Å². The van der Waals surface area contributed by atoms with E-state index in [1.165, 1.54) is 35.6 Å². The lowest BCUT2D eigenvalue weighted by molar-refractivity contribution is 0.0739. The Kier molecular flexibility index (Phi) is 3.01. The molecule has 0 bridgehead atoms. The minimum absolute atomic E-state index is 0.346. The summed E-state index contributed by atoms with van der Waals surface area (Å²) in [6.07, 6.45) is 0. The lowest BCUT2D eigenvalue weighted by Crippen LogP contribution is -2.07. The first-order chi connectivity index (χ1) is 7.66. The van der Waals surface area contributed by atoms with Gasteiger partial charge in [-0.3, -0.25) is 0 Å². The van der Waals surface area contributed by atoms with E-state index in [9.17, 15) is 9.18 Å². The average Bonchev–Trinajstić information content (AvgIpc) is 2.68. The van der Waals surface area contributed by atoms with Crippen LogP contribution in [0.2, 0.25) is 0 Å². The fourth-order valence-electron chi connectivity index (χ4n) is 1.24. The summed E-state index contributed by atoms with van der Waals surface area (Å²) in [6, 6.07) is 7.21. The van der Waals surface area contributed by atoms with Gasteiger partial charge >= 0.3 is 5.97 Å². The van der Waals surface area contributed by atoms with E-state index in [0.29, 0.717) is 10.6 Å². The Morgan fingerprint density at radius 3 is 2.50 bits per heavy atom. The molecule has 1 aromatic heterocycles. The molecule has 0 saturated heterocycles.